The number of fused-ring (bicyclic) bond motifs is 5. The molecule has 0 atom stereocenters. The molecule has 0 aliphatic heterocycles. The minimum absolute atomic E-state index is 0.597. The lowest BCUT2D eigenvalue weighted by molar-refractivity contribution is 0.670. The largest absolute Gasteiger partial charge is 0.455 e. The Balaban J connectivity index is 1.21. The highest BCUT2D eigenvalue weighted by molar-refractivity contribution is 6.21. The third kappa shape index (κ3) is 5.04. The van der Waals surface area contributed by atoms with Crippen molar-refractivity contribution >= 4 is 43.5 Å². The van der Waals surface area contributed by atoms with Crippen LogP contribution in [0.5, 0.6) is 0 Å². The lowest BCUT2D eigenvalue weighted by atomic mass is 9.94. The summed E-state index contributed by atoms with van der Waals surface area (Å²) < 4.78 is 6.76. The Morgan fingerprint density at radius 3 is 1.73 bits per heavy atom. The lowest BCUT2D eigenvalue weighted by Crippen LogP contribution is -2.00. The highest BCUT2D eigenvalue weighted by Gasteiger charge is 2.21. The van der Waals surface area contributed by atoms with E-state index in [4.69, 9.17) is 19.4 Å². The summed E-state index contributed by atoms with van der Waals surface area (Å²) in [4.78, 5) is 15.4. The Morgan fingerprint density at radius 1 is 0.353 bits per heavy atom. The van der Waals surface area contributed by atoms with Crippen molar-refractivity contribution in [2.45, 2.75) is 0 Å². The normalized spacial score (nSPS) is 11.5. The molecule has 8 aromatic carbocycles. The van der Waals surface area contributed by atoms with Crippen LogP contribution >= 0.6 is 0 Å². The number of benzene rings is 8. The van der Waals surface area contributed by atoms with E-state index in [0.29, 0.717) is 17.5 Å². The fourth-order valence-electron chi connectivity index (χ4n) is 7.24. The number of hydrogen-bond donors (Lipinski definition) is 0. The van der Waals surface area contributed by atoms with Gasteiger partial charge >= 0.3 is 0 Å². The van der Waals surface area contributed by atoms with Crippen LogP contribution < -0.4 is 0 Å². The molecule has 0 radical (unpaired) electrons. The van der Waals surface area contributed by atoms with E-state index in [-0.39, 0.29) is 0 Å². The third-order valence-electron chi connectivity index (χ3n) is 9.69. The molecule has 0 saturated carbocycles. The first kappa shape index (κ1) is 29.0. The Hall–Kier alpha value is -6.91. The molecule has 4 nitrogen and oxygen atoms in total. The van der Waals surface area contributed by atoms with Crippen LogP contribution in [0.1, 0.15) is 0 Å². The van der Waals surface area contributed by atoms with Crippen LogP contribution in [0.4, 0.5) is 0 Å². The maximum absolute atomic E-state index is 6.76. The first-order valence-electron chi connectivity index (χ1n) is 17.1. The zero-order valence-electron chi connectivity index (χ0n) is 27.5. The standard InChI is InChI=1S/C47H29N3O/c1-4-13-30(14-5-1)34-25-23-31-24-26-36(28-37(31)27-34)46-48-45(33-17-8-3-9-18-33)49-47(50-46)39-21-12-22-41-43(39)40-29-35-19-10-11-20-38(35)42(44(40)51-41)32-15-6-2-7-16-32/h1-29H. The Morgan fingerprint density at radius 2 is 0.961 bits per heavy atom. The van der Waals surface area contributed by atoms with Gasteiger partial charge in [0.1, 0.15) is 11.2 Å². The minimum Gasteiger partial charge on any atom is -0.455 e. The van der Waals surface area contributed by atoms with Crippen molar-refractivity contribution in [1.82, 2.24) is 15.0 Å². The summed E-state index contributed by atoms with van der Waals surface area (Å²) in [7, 11) is 0. The molecule has 238 valence electrons. The van der Waals surface area contributed by atoms with Crippen molar-refractivity contribution < 1.29 is 4.42 Å². The summed E-state index contributed by atoms with van der Waals surface area (Å²) in [6.45, 7) is 0. The average Bonchev–Trinajstić information content (AvgIpc) is 3.58. The zero-order chi connectivity index (χ0) is 33.7. The quantitative estimate of drug-likeness (QED) is 0.186. The molecule has 0 amide bonds. The molecule has 2 heterocycles. The first-order chi connectivity index (χ1) is 25.3. The summed E-state index contributed by atoms with van der Waals surface area (Å²) >= 11 is 0. The van der Waals surface area contributed by atoms with Gasteiger partial charge in [0, 0.05) is 33.0 Å². The van der Waals surface area contributed by atoms with Crippen molar-refractivity contribution in [2.24, 2.45) is 0 Å². The molecule has 0 aliphatic rings. The predicted octanol–water partition coefficient (Wildman–Crippen LogP) is 12.4. The van der Waals surface area contributed by atoms with Crippen molar-refractivity contribution in [3.05, 3.63) is 176 Å². The van der Waals surface area contributed by atoms with Crippen molar-refractivity contribution in [3.63, 3.8) is 0 Å². The van der Waals surface area contributed by atoms with Gasteiger partial charge in [0.15, 0.2) is 17.5 Å². The Kier molecular flexibility index (Phi) is 6.78. The monoisotopic (exact) mass is 651 g/mol. The van der Waals surface area contributed by atoms with Gasteiger partial charge in [-0.25, -0.2) is 15.0 Å². The molecule has 0 bridgehead atoms. The zero-order valence-corrected chi connectivity index (χ0v) is 27.5. The summed E-state index contributed by atoms with van der Waals surface area (Å²) in [6.07, 6.45) is 0. The third-order valence-corrected chi connectivity index (χ3v) is 9.69. The summed E-state index contributed by atoms with van der Waals surface area (Å²) in [5.74, 6) is 1.83. The summed E-state index contributed by atoms with van der Waals surface area (Å²) in [6, 6.07) is 61.0. The molecule has 0 saturated heterocycles. The number of aromatic nitrogens is 3. The average molecular weight is 652 g/mol. The van der Waals surface area contributed by atoms with Crippen molar-refractivity contribution in [2.75, 3.05) is 0 Å². The van der Waals surface area contributed by atoms with E-state index in [9.17, 15) is 0 Å². The fraction of sp³-hybridized carbons (Fsp3) is 0. The maximum atomic E-state index is 6.76. The molecule has 4 heteroatoms. The lowest BCUT2D eigenvalue weighted by Gasteiger charge is -2.11. The highest BCUT2D eigenvalue weighted by Crippen LogP contribution is 2.44. The van der Waals surface area contributed by atoms with Crippen molar-refractivity contribution in [3.8, 4) is 56.4 Å². The molecule has 10 aromatic rings. The van der Waals surface area contributed by atoms with E-state index in [2.05, 4.69) is 121 Å². The molecule has 0 aliphatic carbocycles. The molecular weight excluding hydrogens is 623 g/mol. The fourth-order valence-corrected chi connectivity index (χ4v) is 7.24. The van der Waals surface area contributed by atoms with Gasteiger partial charge in [-0.15, -0.1) is 0 Å². The van der Waals surface area contributed by atoms with Crippen molar-refractivity contribution in [1.29, 1.82) is 0 Å². The molecule has 51 heavy (non-hydrogen) atoms. The highest BCUT2D eigenvalue weighted by atomic mass is 16.3. The van der Waals surface area contributed by atoms with E-state index < -0.39 is 0 Å². The van der Waals surface area contributed by atoms with Crippen LogP contribution in [0.3, 0.4) is 0 Å². The molecule has 0 unspecified atom stereocenters. The number of hydrogen-bond acceptors (Lipinski definition) is 4. The van der Waals surface area contributed by atoms with Gasteiger partial charge in [0.05, 0.1) is 0 Å². The van der Waals surface area contributed by atoms with Gasteiger partial charge in [0.2, 0.25) is 0 Å². The second kappa shape index (κ2) is 11.9. The maximum Gasteiger partial charge on any atom is 0.164 e. The molecule has 2 aromatic heterocycles. The molecular formula is C47H29N3O. The van der Waals surface area contributed by atoms with E-state index in [0.717, 1.165) is 71.3 Å². The van der Waals surface area contributed by atoms with Gasteiger partial charge in [-0.2, -0.15) is 0 Å². The van der Waals surface area contributed by atoms with Crippen LogP contribution in [0.15, 0.2) is 180 Å². The van der Waals surface area contributed by atoms with E-state index in [1.807, 2.05) is 54.6 Å². The smallest absolute Gasteiger partial charge is 0.164 e. The SMILES string of the molecule is c1ccc(-c2ccc3ccc(-c4nc(-c5ccccc5)nc(-c5cccc6oc7c(-c8ccccc8)c8ccccc8cc7c56)n4)cc3c2)cc1. The first-order valence-corrected chi connectivity index (χ1v) is 17.1. The second-order valence-electron chi connectivity index (χ2n) is 12.8. The predicted molar refractivity (Wildman–Crippen MR) is 209 cm³/mol. The number of furan rings is 1. The summed E-state index contributed by atoms with van der Waals surface area (Å²) in [5, 5.41) is 6.59. The van der Waals surface area contributed by atoms with Gasteiger partial charge in [-0.05, 0) is 62.5 Å². The molecule has 0 fully saturated rings. The molecule has 10 rings (SSSR count). The van der Waals surface area contributed by atoms with Gasteiger partial charge < -0.3 is 4.42 Å². The van der Waals surface area contributed by atoms with Crippen LogP contribution in [0.25, 0.3) is 99.9 Å². The van der Waals surface area contributed by atoms with Crippen LogP contribution in [0, 0.1) is 0 Å². The van der Waals surface area contributed by atoms with E-state index >= 15 is 0 Å². The second-order valence-corrected chi connectivity index (χ2v) is 12.8. The Bertz CT molecular complexity index is 2900. The van der Waals surface area contributed by atoms with Crippen LogP contribution in [-0.2, 0) is 0 Å². The minimum atomic E-state index is 0.597. The Labute approximate surface area is 294 Å². The number of rotatable bonds is 5. The van der Waals surface area contributed by atoms with Crippen LogP contribution in [-0.4, -0.2) is 15.0 Å². The van der Waals surface area contributed by atoms with Gasteiger partial charge in [0.25, 0.3) is 0 Å². The van der Waals surface area contributed by atoms with Gasteiger partial charge in [-0.1, -0.05) is 152 Å². The van der Waals surface area contributed by atoms with Crippen LogP contribution in [0.2, 0.25) is 0 Å². The molecule has 0 spiro atoms. The van der Waals surface area contributed by atoms with E-state index in [1.54, 1.807) is 0 Å². The number of nitrogens with zero attached hydrogens (tertiary/aromatic N) is 3. The van der Waals surface area contributed by atoms with Gasteiger partial charge in [-0.3, -0.25) is 0 Å². The van der Waals surface area contributed by atoms with E-state index in [1.165, 1.54) is 11.1 Å². The molecule has 0 N–H and O–H groups in total. The summed E-state index contributed by atoms with van der Waals surface area (Å²) in [5.41, 5.74) is 8.93. The topological polar surface area (TPSA) is 51.8 Å².